The predicted molar refractivity (Wildman–Crippen MR) is 129 cm³/mol. The standard InChI is InChI=1S/C25H38N2O9/c1-25(2,3)36-22(29)7-6-21(23(26)30)27-17-18-4-5-19(16-20(18)24(27)31)35-15-14-34-13-12-33-11-10-32-9-8-28/h4-5,16,21,28H,6-15,17H2,1-3H3,(H2,26,30). The summed E-state index contributed by atoms with van der Waals surface area (Å²) in [7, 11) is 0. The van der Waals surface area contributed by atoms with E-state index < -0.39 is 23.5 Å². The number of ether oxygens (including phenoxy) is 5. The summed E-state index contributed by atoms with van der Waals surface area (Å²) in [5.74, 6) is -0.946. The van der Waals surface area contributed by atoms with Crippen molar-refractivity contribution in [1.82, 2.24) is 4.90 Å². The zero-order valence-corrected chi connectivity index (χ0v) is 21.3. The minimum Gasteiger partial charge on any atom is -0.491 e. The first-order valence-corrected chi connectivity index (χ1v) is 12.0. The Bertz CT molecular complexity index is 870. The second-order valence-electron chi connectivity index (χ2n) is 9.20. The summed E-state index contributed by atoms with van der Waals surface area (Å²) in [6, 6.07) is 4.25. The summed E-state index contributed by atoms with van der Waals surface area (Å²) in [6.45, 7) is 8.09. The molecule has 1 unspecified atom stereocenters. The van der Waals surface area contributed by atoms with Crippen molar-refractivity contribution < 1.29 is 43.2 Å². The van der Waals surface area contributed by atoms with E-state index in [-0.39, 0.29) is 38.5 Å². The van der Waals surface area contributed by atoms with Crippen LogP contribution >= 0.6 is 0 Å². The molecule has 3 N–H and O–H groups in total. The van der Waals surface area contributed by atoms with E-state index >= 15 is 0 Å². The van der Waals surface area contributed by atoms with E-state index in [9.17, 15) is 14.4 Å². The lowest BCUT2D eigenvalue weighted by Crippen LogP contribution is -2.45. The third-order valence-corrected chi connectivity index (χ3v) is 5.14. The van der Waals surface area contributed by atoms with Gasteiger partial charge in [0.15, 0.2) is 0 Å². The molecule has 0 spiro atoms. The van der Waals surface area contributed by atoms with Gasteiger partial charge < -0.3 is 39.4 Å². The Balaban J connectivity index is 1.77. The molecule has 1 aromatic carbocycles. The molecule has 1 aliphatic heterocycles. The second kappa shape index (κ2) is 14.7. The molecule has 0 saturated carbocycles. The van der Waals surface area contributed by atoms with Crippen LogP contribution in [0, 0.1) is 0 Å². The Hall–Kier alpha value is -2.73. The van der Waals surface area contributed by atoms with Crippen LogP contribution < -0.4 is 10.5 Å². The summed E-state index contributed by atoms with van der Waals surface area (Å²) < 4.78 is 26.8. The van der Waals surface area contributed by atoms with Crippen molar-refractivity contribution in [3.05, 3.63) is 29.3 Å². The van der Waals surface area contributed by atoms with Crippen LogP contribution in [0.5, 0.6) is 5.75 Å². The first-order valence-electron chi connectivity index (χ1n) is 12.0. The molecule has 0 fully saturated rings. The number of primary amides is 1. The van der Waals surface area contributed by atoms with Gasteiger partial charge in [0.05, 0.1) is 46.2 Å². The van der Waals surface area contributed by atoms with E-state index in [1.165, 1.54) is 4.90 Å². The number of carbonyl (C=O) groups is 3. The lowest BCUT2D eigenvalue weighted by atomic mass is 10.1. The molecule has 1 aromatic rings. The fourth-order valence-corrected chi connectivity index (χ4v) is 3.57. The van der Waals surface area contributed by atoms with Gasteiger partial charge in [0, 0.05) is 18.5 Å². The van der Waals surface area contributed by atoms with Crippen molar-refractivity contribution in [3.8, 4) is 5.75 Å². The predicted octanol–water partition coefficient (Wildman–Crippen LogP) is 1.04. The van der Waals surface area contributed by atoms with Gasteiger partial charge in [0.2, 0.25) is 5.91 Å². The molecule has 1 heterocycles. The van der Waals surface area contributed by atoms with Crippen LogP contribution in [0.3, 0.4) is 0 Å². The Morgan fingerprint density at radius 3 is 2.22 bits per heavy atom. The smallest absolute Gasteiger partial charge is 0.306 e. The average molecular weight is 511 g/mol. The summed E-state index contributed by atoms with van der Waals surface area (Å²) in [5.41, 5.74) is 6.12. The Morgan fingerprint density at radius 1 is 1.03 bits per heavy atom. The van der Waals surface area contributed by atoms with Gasteiger partial charge in [-0.05, 0) is 44.9 Å². The van der Waals surface area contributed by atoms with Crippen LogP contribution in [0.15, 0.2) is 18.2 Å². The maximum absolute atomic E-state index is 13.0. The number of fused-ring (bicyclic) bond motifs is 1. The number of hydrogen-bond donors (Lipinski definition) is 2. The Kier molecular flexibility index (Phi) is 12.1. The van der Waals surface area contributed by atoms with Crippen molar-refractivity contribution in [3.63, 3.8) is 0 Å². The highest BCUT2D eigenvalue weighted by atomic mass is 16.6. The van der Waals surface area contributed by atoms with Crippen LogP contribution in [0.2, 0.25) is 0 Å². The highest BCUT2D eigenvalue weighted by Crippen LogP contribution is 2.29. The largest absolute Gasteiger partial charge is 0.491 e. The molecule has 202 valence electrons. The summed E-state index contributed by atoms with van der Waals surface area (Å²) in [4.78, 5) is 38.6. The van der Waals surface area contributed by atoms with E-state index in [0.29, 0.717) is 51.0 Å². The lowest BCUT2D eigenvalue weighted by Gasteiger charge is -2.25. The van der Waals surface area contributed by atoms with Gasteiger partial charge in [-0.25, -0.2) is 0 Å². The number of nitrogens with two attached hydrogens (primary N) is 1. The molecule has 0 saturated heterocycles. The lowest BCUT2D eigenvalue weighted by molar-refractivity contribution is -0.155. The highest BCUT2D eigenvalue weighted by Gasteiger charge is 2.36. The minimum atomic E-state index is -0.918. The quantitative estimate of drug-likeness (QED) is 0.232. The number of aliphatic hydroxyl groups excluding tert-OH is 1. The van der Waals surface area contributed by atoms with Gasteiger partial charge in [-0.15, -0.1) is 0 Å². The molecule has 0 aromatic heterocycles. The van der Waals surface area contributed by atoms with Crippen molar-refractivity contribution in [2.75, 3.05) is 52.9 Å². The zero-order valence-electron chi connectivity index (χ0n) is 21.3. The van der Waals surface area contributed by atoms with Gasteiger partial charge in [-0.1, -0.05) is 6.07 Å². The first-order chi connectivity index (χ1) is 17.1. The molecular formula is C25H38N2O9. The number of rotatable bonds is 17. The average Bonchev–Trinajstić information content (AvgIpc) is 3.12. The summed E-state index contributed by atoms with van der Waals surface area (Å²) >= 11 is 0. The molecule has 1 atom stereocenters. The van der Waals surface area contributed by atoms with Crippen LogP contribution in [-0.4, -0.2) is 92.3 Å². The Morgan fingerprint density at radius 2 is 1.64 bits per heavy atom. The maximum Gasteiger partial charge on any atom is 0.306 e. The van der Waals surface area contributed by atoms with Crippen LogP contribution in [-0.2, 0) is 35.1 Å². The van der Waals surface area contributed by atoms with E-state index in [1.54, 1.807) is 39.0 Å². The molecular weight excluding hydrogens is 472 g/mol. The fraction of sp³-hybridized carbons (Fsp3) is 0.640. The molecule has 0 bridgehead atoms. The van der Waals surface area contributed by atoms with Crippen LogP contribution in [0.1, 0.15) is 49.5 Å². The van der Waals surface area contributed by atoms with Crippen molar-refractivity contribution in [1.29, 1.82) is 0 Å². The molecule has 0 aliphatic carbocycles. The van der Waals surface area contributed by atoms with Crippen LogP contribution in [0.4, 0.5) is 0 Å². The molecule has 1 aliphatic rings. The molecule has 11 heteroatoms. The van der Waals surface area contributed by atoms with E-state index in [0.717, 1.165) is 5.56 Å². The topological polar surface area (TPSA) is 147 Å². The summed E-state index contributed by atoms with van der Waals surface area (Å²) in [5, 5.41) is 8.60. The van der Waals surface area contributed by atoms with Gasteiger partial charge in [-0.2, -0.15) is 0 Å². The number of amides is 2. The molecule has 36 heavy (non-hydrogen) atoms. The number of nitrogens with zero attached hydrogens (tertiary/aromatic N) is 1. The summed E-state index contributed by atoms with van der Waals surface area (Å²) in [6.07, 6.45) is 0.0615. The Labute approximate surface area is 211 Å². The van der Waals surface area contributed by atoms with Gasteiger partial charge in [0.25, 0.3) is 5.91 Å². The highest BCUT2D eigenvalue weighted by molar-refractivity contribution is 6.01. The van der Waals surface area contributed by atoms with E-state index in [2.05, 4.69) is 0 Å². The van der Waals surface area contributed by atoms with Crippen molar-refractivity contribution in [2.45, 2.75) is 51.8 Å². The molecule has 11 nitrogen and oxygen atoms in total. The maximum atomic E-state index is 13.0. The van der Waals surface area contributed by atoms with Gasteiger partial charge in [-0.3, -0.25) is 14.4 Å². The SMILES string of the molecule is CC(C)(C)OC(=O)CCC(C(N)=O)N1Cc2ccc(OCCOCCOCCOCCO)cc2C1=O. The van der Waals surface area contributed by atoms with E-state index in [4.69, 9.17) is 34.5 Å². The number of esters is 1. The third kappa shape index (κ3) is 10.1. The molecule has 2 amide bonds. The minimum absolute atomic E-state index is 0.0104. The number of carbonyl (C=O) groups excluding carboxylic acids is 3. The van der Waals surface area contributed by atoms with Crippen molar-refractivity contribution >= 4 is 17.8 Å². The third-order valence-electron chi connectivity index (χ3n) is 5.14. The van der Waals surface area contributed by atoms with E-state index in [1.807, 2.05) is 0 Å². The fourth-order valence-electron chi connectivity index (χ4n) is 3.57. The van der Waals surface area contributed by atoms with Crippen LogP contribution in [0.25, 0.3) is 0 Å². The second-order valence-corrected chi connectivity index (χ2v) is 9.20. The zero-order chi connectivity index (χ0) is 26.6. The first kappa shape index (κ1) is 29.5. The number of benzene rings is 1. The number of hydrogen-bond acceptors (Lipinski definition) is 9. The number of aliphatic hydroxyl groups is 1. The monoisotopic (exact) mass is 510 g/mol. The van der Waals surface area contributed by atoms with Crippen molar-refractivity contribution in [2.24, 2.45) is 5.73 Å². The normalized spacial score (nSPS) is 14.0. The molecule has 2 rings (SSSR count). The van der Waals surface area contributed by atoms with Gasteiger partial charge in [0.1, 0.15) is 24.0 Å². The van der Waals surface area contributed by atoms with Gasteiger partial charge >= 0.3 is 5.97 Å². The molecule has 0 radical (unpaired) electrons.